The molecule has 3 amide bonds. The highest BCUT2D eigenvalue weighted by molar-refractivity contribution is 6.00. The lowest BCUT2D eigenvalue weighted by Crippen LogP contribution is -2.54. The maximum absolute atomic E-state index is 12.9. The van der Waals surface area contributed by atoms with Gasteiger partial charge in [0.1, 0.15) is 6.54 Å². The summed E-state index contributed by atoms with van der Waals surface area (Å²) >= 11 is 0. The van der Waals surface area contributed by atoms with Crippen LogP contribution in [-0.4, -0.2) is 100 Å². The summed E-state index contributed by atoms with van der Waals surface area (Å²) < 4.78 is 0. The molecule has 0 saturated carbocycles. The molecule has 8 nitrogen and oxygen atoms in total. The van der Waals surface area contributed by atoms with E-state index in [1.807, 2.05) is 23.1 Å². The second-order valence-electron chi connectivity index (χ2n) is 8.45. The highest BCUT2D eigenvalue weighted by Crippen LogP contribution is 2.23. The molecule has 1 aromatic rings. The smallest absolute Gasteiger partial charge is 0.254 e. The van der Waals surface area contributed by atoms with E-state index in [0.717, 1.165) is 18.7 Å². The van der Waals surface area contributed by atoms with Crippen LogP contribution >= 0.6 is 0 Å². The minimum atomic E-state index is -0.496. The van der Waals surface area contributed by atoms with Gasteiger partial charge in [-0.3, -0.25) is 19.3 Å². The van der Waals surface area contributed by atoms with Crippen LogP contribution in [0.4, 0.5) is 0 Å². The van der Waals surface area contributed by atoms with Crippen molar-refractivity contribution in [3.8, 4) is 0 Å². The van der Waals surface area contributed by atoms with E-state index >= 15 is 0 Å². The molecule has 2 atom stereocenters. The Kier molecular flexibility index (Phi) is 6.06. The average Bonchev–Trinajstić information content (AvgIpc) is 2.92. The van der Waals surface area contributed by atoms with Crippen molar-refractivity contribution in [3.05, 3.63) is 35.4 Å². The van der Waals surface area contributed by atoms with E-state index in [1.54, 1.807) is 22.8 Å². The number of piperazine rings is 1. The molecule has 3 aliphatic rings. The molecule has 0 aliphatic carbocycles. The van der Waals surface area contributed by atoms with E-state index in [9.17, 15) is 19.5 Å². The quantitative estimate of drug-likeness (QED) is 0.762. The number of amides is 3. The van der Waals surface area contributed by atoms with Gasteiger partial charge < -0.3 is 19.8 Å². The van der Waals surface area contributed by atoms with Crippen LogP contribution in [0.2, 0.25) is 0 Å². The second-order valence-corrected chi connectivity index (χ2v) is 8.45. The third-order valence-corrected chi connectivity index (χ3v) is 6.64. The van der Waals surface area contributed by atoms with Crippen molar-refractivity contribution in [1.29, 1.82) is 0 Å². The summed E-state index contributed by atoms with van der Waals surface area (Å²) in [5.74, 6) is -0.0631. The zero-order valence-electron chi connectivity index (χ0n) is 17.5. The number of carbonyl (C=O) groups excluding carboxylic acids is 3. The van der Waals surface area contributed by atoms with E-state index in [2.05, 4.69) is 4.90 Å². The molecular weight excluding hydrogens is 384 g/mol. The van der Waals surface area contributed by atoms with Gasteiger partial charge in [-0.05, 0) is 24.5 Å². The number of benzene rings is 1. The second kappa shape index (κ2) is 8.73. The van der Waals surface area contributed by atoms with E-state index in [1.165, 1.54) is 0 Å². The topological polar surface area (TPSA) is 84.4 Å². The van der Waals surface area contributed by atoms with E-state index in [4.69, 9.17) is 0 Å². The fourth-order valence-corrected chi connectivity index (χ4v) is 4.82. The summed E-state index contributed by atoms with van der Waals surface area (Å²) in [6, 6.07) is 7.48. The van der Waals surface area contributed by atoms with Crippen LogP contribution in [0.1, 0.15) is 35.7 Å². The van der Waals surface area contributed by atoms with Gasteiger partial charge in [-0.2, -0.15) is 0 Å². The number of fused-ring (bicyclic) bond motifs is 1. The van der Waals surface area contributed by atoms with Gasteiger partial charge in [0, 0.05) is 64.3 Å². The van der Waals surface area contributed by atoms with Gasteiger partial charge in [-0.1, -0.05) is 18.2 Å². The highest BCUT2D eigenvalue weighted by atomic mass is 16.3. The number of hydrogen-bond donors (Lipinski definition) is 1. The van der Waals surface area contributed by atoms with Crippen LogP contribution in [0.15, 0.2) is 24.3 Å². The minimum Gasteiger partial charge on any atom is -0.391 e. The number of nitrogens with zero attached hydrogens (tertiary/aromatic N) is 4. The number of carbonyl (C=O) groups is 3. The number of aliphatic hydroxyl groups excluding tert-OH is 1. The molecule has 0 radical (unpaired) electrons. The lowest BCUT2D eigenvalue weighted by Gasteiger charge is -2.40. The average molecular weight is 415 g/mol. The molecule has 30 heavy (non-hydrogen) atoms. The first kappa shape index (κ1) is 20.8. The van der Waals surface area contributed by atoms with Crippen molar-refractivity contribution in [1.82, 2.24) is 19.6 Å². The summed E-state index contributed by atoms with van der Waals surface area (Å²) in [5.41, 5.74) is 1.65. The van der Waals surface area contributed by atoms with Crippen LogP contribution in [0.5, 0.6) is 0 Å². The SMILES string of the molecule is CC(=O)N1CCN([C@H]2CCN(C(=O)CN3Cc4ccccc4C3=O)CC[C@@H]2O)CC1. The number of likely N-dealkylation sites (tertiary alicyclic amines) is 1. The number of rotatable bonds is 3. The predicted molar refractivity (Wildman–Crippen MR) is 111 cm³/mol. The molecule has 0 aromatic heterocycles. The van der Waals surface area contributed by atoms with E-state index in [-0.39, 0.29) is 30.3 Å². The summed E-state index contributed by atoms with van der Waals surface area (Å²) in [6.07, 6.45) is 0.725. The Morgan fingerprint density at radius 2 is 1.70 bits per heavy atom. The van der Waals surface area contributed by atoms with Crippen molar-refractivity contribution in [3.63, 3.8) is 0 Å². The van der Waals surface area contributed by atoms with Crippen LogP contribution in [0.3, 0.4) is 0 Å². The zero-order chi connectivity index (χ0) is 21.3. The van der Waals surface area contributed by atoms with Crippen LogP contribution < -0.4 is 0 Å². The first-order valence-electron chi connectivity index (χ1n) is 10.8. The predicted octanol–water partition coefficient (Wildman–Crippen LogP) is 0.158. The minimum absolute atomic E-state index is 0.00502. The Hall–Kier alpha value is -2.45. The summed E-state index contributed by atoms with van der Waals surface area (Å²) in [6.45, 7) is 6.06. The summed E-state index contributed by atoms with van der Waals surface area (Å²) in [7, 11) is 0. The Morgan fingerprint density at radius 3 is 2.40 bits per heavy atom. The maximum Gasteiger partial charge on any atom is 0.254 e. The van der Waals surface area contributed by atoms with Crippen molar-refractivity contribution < 1.29 is 19.5 Å². The number of hydrogen-bond acceptors (Lipinski definition) is 5. The van der Waals surface area contributed by atoms with Crippen molar-refractivity contribution in [2.45, 2.75) is 38.5 Å². The monoisotopic (exact) mass is 414 g/mol. The molecule has 3 heterocycles. The zero-order valence-corrected chi connectivity index (χ0v) is 17.5. The molecule has 0 spiro atoms. The van der Waals surface area contributed by atoms with Crippen LogP contribution in [0.25, 0.3) is 0 Å². The summed E-state index contributed by atoms with van der Waals surface area (Å²) in [5, 5.41) is 10.7. The molecular formula is C22H30N4O4. The molecule has 2 fully saturated rings. The Morgan fingerprint density at radius 1 is 1.00 bits per heavy atom. The van der Waals surface area contributed by atoms with Crippen molar-refractivity contribution in [2.24, 2.45) is 0 Å². The van der Waals surface area contributed by atoms with Gasteiger partial charge in [0.05, 0.1) is 6.10 Å². The molecule has 0 bridgehead atoms. The Balaban J connectivity index is 1.32. The molecule has 2 saturated heterocycles. The van der Waals surface area contributed by atoms with Crippen molar-refractivity contribution >= 4 is 17.7 Å². The molecule has 162 valence electrons. The van der Waals surface area contributed by atoms with Crippen LogP contribution in [-0.2, 0) is 16.1 Å². The van der Waals surface area contributed by atoms with Crippen LogP contribution in [0, 0.1) is 0 Å². The first-order chi connectivity index (χ1) is 14.4. The highest BCUT2D eigenvalue weighted by Gasteiger charge is 2.34. The fraction of sp³-hybridized carbons (Fsp3) is 0.591. The molecule has 8 heteroatoms. The Labute approximate surface area is 177 Å². The first-order valence-corrected chi connectivity index (χ1v) is 10.8. The lowest BCUT2D eigenvalue weighted by atomic mass is 10.0. The largest absolute Gasteiger partial charge is 0.391 e. The normalized spacial score (nSPS) is 25.3. The molecule has 3 aliphatic heterocycles. The van der Waals surface area contributed by atoms with Gasteiger partial charge >= 0.3 is 0 Å². The standard InChI is InChI=1S/C22H30N4O4/c1-16(27)23-10-12-24(13-11-23)19-6-8-25(9-7-20(19)28)21(29)15-26-14-17-4-2-3-5-18(17)22(26)30/h2-5,19-20,28H,6-15H2,1H3/t19-,20-/m0/s1. The third-order valence-electron chi connectivity index (χ3n) is 6.64. The number of aliphatic hydroxyl groups is 1. The van der Waals surface area contributed by atoms with Gasteiger partial charge in [-0.25, -0.2) is 0 Å². The molecule has 0 unspecified atom stereocenters. The molecule has 1 aromatic carbocycles. The van der Waals surface area contributed by atoms with Gasteiger partial charge in [0.2, 0.25) is 11.8 Å². The summed E-state index contributed by atoms with van der Waals surface area (Å²) in [4.78, 5) is 44.5. The Bertz CT molecular complexity index is 821. The molecule has 1 N–H and O–H groups in total. The fourth-order valence-electron chi connectivity index (χ4n) is 4.82. The van der Waals surface area contributed by atoms with E-state index < -0.39 is 6.10 Å². The lowest BCUT2D eigenvalue weighted by molar-refractivity contribution is -0.132. The van der Waals surface area contributed by atoms with Gasteiger partial charge in [0.25, 0.3) is 5.91 Å². The van der Waals surface area contributed by atoms with Gasteiger partial charge in [0.15, 0.2) is 0 Å². The van der Waals surface area contributed by atoms with Gasteiger partial charge in [-0.15, -0.1) is 0 Å². The van der Waals surface area contributed by atoms with E-state index in [0.29, 0.717) is 51.1 Å². The van der Waals surface area contributed by atoms with Crippen molar-refractivity contribution in [2.75, 3.05) is 45.8 Å². The third kappa shape index (κ3) is 4.20. The maximum atomic E-state index is 12.9. The molecule has 4 rings (SSSR count).